The third-order valence-corrected chi connectivity index (χ3v) is 8.74. The van der Waals surface area contributed by atoms with Gasteiger partial charge in [0.1, 0.15) is 12.3 Å². The van der Waals surface area contributed by atoms with Gasteiger partial charge in [0.2, 0.25) is 5.88 Å². The number of rotatable bonds is 10. The molecule has 2 fully saturated rings. The number of carbonyl (C=O) groups is 1. The molecule has 10 nitrogen and oxygen atoms in total. The molecule has 45 heavy (non-hydrogen) atoms. The number of carbonyl (C=O) groups excluding carboxylic acids is 1. The average Bonchev–Trinajstić information content (AvgIpc) is 3.33. The van der Waals surface area contributed by atoms with Crippen LogP contribution in [0.25, 0.3) is 16.7 Å². The lowest BCUT2D eigenvalue weighted by Crippen LogP contribution is -2.39. The van der Waals surface area contributed by atoms with Gasteiger partial charge in [-0.25, -0.2) is 18.6 Å². The van der Waals surface area contributed by atoms with Gasteiger partial charge in [-0.15, -0.1) is 0 Å². The maximum Gasteiger partial charge on any atom is 0.333 e. The van der Waals surface area contributed by atoms with Crippen LogP contribution < -0.4 is 15.7 Å². The van der Waals surface area contributed by atoms with Gasteiger partial charge in [-0.1, -0.05) is 23.7 Å². The molecule has 1 aliphatic heterocycles. The van der Waals surface area contributed by atoms with Crippen LogP contribution in [0, 0.1) is 5.92 Å². The number of benzene rings is 1. The number of ether oxygens (including phenoxy) is 2. The molecule has 0 bridgehead atoms. The quantitative estimate of drug-likeness (QED) is 0.264. The first-order valence-corrected chi connectivity index (χ1v) is 15.6. The van der Waals surface area contributed by atoms with Crippen LogP contribution in [0.15, 0.2) is 59.7 Å². The summed E-state index contributed by atoms with van der Waals surface area (Å²) >= 11 is 5.92. The highest BCUT2D eigenvalue weighted by molar-refractivity contribution is 6.30. The summed E-state index contributed by atoms with van der Waals surface area (Å²) in [6.45, 7) is 5.11. The van der Waals surface area contributed by atoms with E-state index in [0.717, 1.165) is 62.9 Å². The molecular weight excluding hydrogens is 606 g/mol. The summed E-state index contributed by atoms with van der Waals surface area (Å²) in [6.07, 6.45) is 2.75. The average molecular weight is 641 g/mol. The largest absolute Gasteiger partial charge is 0.476 e. The van der Waals surface area contributed by atoms with E-state index in [9.17, 15) is 18.4 Å². The third-order valence-electron chi connectivity index (χ3n) is 8.53. The third kappa shape index (κ3) is 7.18. The van der Waals surface area contributed by atoms with E-state index in [1.165, 1.54) is 6.07 Å². The maximum atomic E-state index is 13.8. The highest BCUT2D eigenvalue weighted by Crippen LogP contribution is 2.29. The van der Waals surface area contributed by atoms with E-state index in [4.69, 9.17) is 21.1 Å². The van der Waals surface area contributed by atoms with Gasteiger partial charge >= 0.3 is 5.69 Å². The second-order valence-electron chi connectivity index (χ2n) is 11.5. The molecule has 0 atom stereocenters. The molecule has 0 unspecified atom stereocenters. The minimum absolute atomic E-state index is 0.123. The molecule has 0 spiro atoms. The molecular formula is C32H35ClF2N6O4. The molecule has 6 rings (SSSR count). The van der Waals surface area contributed by atoms with Crippen LogP contribution in [0.1, 0.15) is 48.2 Å². The van der Waals surface area contributed by atoms with Gasteiger partial charge < -0.3 is 14.8 Å². The van der Waals surface area contributed by atoms with E-state index in [-0.39, 0.29) is 28.2 Å². The first kappa shape index (κ1) is 31.1. The maximum absolute atomic E-state index is 13.8. The number of amides is 1. The van der Waals surface area contributed by atoms with Crippen LogP contribution in [0.3, 0.4) is 0 Å². The van der Waals surface area contributed by atoms with Crippen molar-refractivity contribution in [3.05, 3.63) is 81.6 Å². The summed E-state index contributed by atoms with van der Waals surface area (Å²) in [5.41, 5.74) is 1.33. The first-order chi connectivity index (χ1) is 21.9. The van der Waals surface area contributed by atoms with Crippen molar-refractivity contribution in [2.45, 2.75) is 44.7 Å². The topological polar surface area (TPSA) is 104 Å². The summed E-state index contributed by atoms with van der Waals surface area (Å²) in [5, 5.41) is 3.00. The molecule has 3 aromatic heterocycles. The smallest absolute Gasteiger partial charge is 0.333 e. The second-order valence-corrected chi connectivity index (χ2v) is 11.9. The van der Waals surface area contributed by atoms with Crippen LogP contribution in [-0.4, -0.2) is 75.4 Å². The van der Waals surface area contributed by atoms with Gasteiger partial charge in [0.15, 0.2) is 0 Å². The summed E-state index contributed by atoms with van der Waals surface area (Å²) in [6, 6.07) is 12.4. The summed E-state index contributed by atoms with van der Waals surface area (Å²) in [4.78, 5) is 37.0. The Morgan fingerprint density at radius 3 is 2.51 bits per heavy atom. The number of alkyl halides is 2. The number of nitrogens with zero attached hydrogens (tertiary/aromatic N) is 5. The van der Waals surface area contributed by atoms with Crippen molar-refractivity contribution in [2.75, 3.05) is 39.5 Å². The Morgan fingerprint density at radius 1 is 1.04 bits per heavy atom. The molecule has 1 aliphatic carbocycles. The molecule has 4 aromatic rings. The van der Waals surface area contributed by atoms with E-state index in [1.54, 1.807) is 21.4 Å². The summed E-state index contributed by atoms with van der Waals surface area (Å²) in [5.74, 6) is 0.106. The number of fused-ring (bicyclic) bond motifs is 1. The zero-order valence-electron chi connectivity index (χ0n) is 24.7. The molecule has 1 N–H and O–H groups in total. The predicted octanol–water partition coefficient (Wildman–Crippen LogP) is 4.87. The number of imidazole rings is 1. The minimum atomic E-state index is -2.88. The normalized spacial score (nSPS) is 19.2. The van der Waals surface area contributed by atoms with E-state index in [0.29, 0.717) is 37.6 Å². The highest BCUT2D eigenvalue weighted by atomic mass is 35.5. The Balaban J connectivity index is 1.10. The lowest BCUT2D eigenvalue weighted by molar-refractivity contribution is 0.0320. The van der Waals surface area contributed by atoms with Crippen molar-refractivity contribution in [1.82, 2.24) is 29.3 Å². The van der Waals surface area contributed by atoms with Crippen molar-refractivity contribution >= 4 is 28.5 Å². The van der Waals surface area contributed by atoms with Crippen LogP contribution >= 0.6 is 11.6 Å². The molecule has 4 heterocycles. The van der Waals surface area contributed by atoms with Crippen molar-refractivity contribution in [1.29, 1.82) is 0 Å². The number of halogens is 3. The Labute approximate surface area is 263 Å². The standard InChI is InChI=1S/C32H35ClF2N6O4/c33-22-17-25(29(30(34)35)37-18-22)31(42)38-23-7-5-21(6-8-23)20-40-26-3-1-2-4-27(26)41(32(40)43)24-9-10-28(36-19-24)45-16-13-39-11-14-44-15-12-39/h1-4,9-10,17-19,21,23,30H,5-8,11-16,20H2,(H,38,42)/t21-,23-. The van der Waals surface area contributed by atoms with Gasteiger partial charge in [-0.3, -0.25) is 23.8 Å². The molecule has 2 aliphatic rings. The second kappa shape index (κ2) is 14.1. The van der Waals surface area contributed by atoms with Gasteiger partial charge in [0.25, 0.3) is 12.3 Å². The fourth-order valence-electron chi connectivity index (χ4n) is 6.14. The molecule has 0 radical (unpaired) electrons. The van der Waals surface area contributed by atoms with Crippen molar-refractivity contribution in [2.24, 2.45) is 5.92 Å². The Bertz CT molecular complexity index is 1680. The number of hydrogen-bond donors (Lipinski definition) is 1. The number of para-hydroxylation sites is 2. The lowest BCUT2D eigenvalue weighted by Gasteiger charge is -2.29. The van der Waals surface area contributed by atoms with Gasteiger partial charge in [0, 0.05) is 44.5 Å². The molecule has 1 amide bonds. The van der Waals surface area contributed by atoms with Gasteiger partial charge in [-0.2, -0.15) is 0 Å². The fourth-order valence-corrected chi connectivity index (χ4v) is 6.30. The molecule has 13 heteroatoms. The van der Waals surface area contributed by atoms with Crippen molar-refractivity contribution < 1.29 is 23.0 Å². The van der Waals surface area contributed by atoms with Crippen LogP contribution in [-0.2, 0) is 11.3 Å². The van der Waals surface area contributed by atoms with E-state index >= 15 is 0 Å². The van der Waals surface area contributed by atoms with Gasteiger partial charge in [0.05, 0.1) is 46.7 Å². The van der Waals surface area contributed by atoms with E-state index in [1.807, 2.05) is 30.3 Å². The number of nitrogens with one attached hydrogen (secondary N) is 1. The summed E-state index contributed by atoms with van der Waals surface area (Å²) < 4.78 is 41.5. The molecule has 1 saturated heterocycles. The monoisotopic (exact) mass is 640 g/mol. The van der Waals surface area contributed by atoms with E-state index < -0.39 is 18.0 Å². The Morgan fingerprint density at radius 2 is 1.80 bits per heavy atom. The molecule has 1 aromatic carbocycles. The SMILES string of the molecule is O=C(N[C@H]1CC[C@H](Cn2c(=O)n(-c3ccc(OCCN4CCOCC4)nc3)c3ccccc32)CC1)c1cc(Cl)cnc1C(F)F. The van der Waals surface area contributed by atoms with Crippen molar-refractivity contribution in [3.8, 4) is 11.6 Å². The zero-order chi connectivity index (χ0) is 31.3. The number of pyridine rings is 2. The number of morpholine rings is 1. The minimum Gasteiger partial charge on any atom is -0.476 e. The van der Waals surface area contributed by atoms with Gasteiger partial charge in [-0.05, 0) is 55.9 Å². The van der Waals surface area contributed by atoms with Crippen molar-refractivity contribution in [3.63, 3.8) is 0 Å². The lowest BCUT2D eigenvalue weighted by atomic mass is 9.85. The first-order valence-electron chi connectivity index (χ1n) is 15.2. The highest BCUT2D eigenvalue weighted by Gasteiger charge is 2.27. The Kier molecular flexibility index (Phi) is 9.72. The molecule has 238 valence electrons. The van der Waals surface area contributed by atoms with E-state index in [2.05, 4.69) is 20.2 Å². The Hall–Kier alpha value is -3.87. The summed E-state index contributed by atoms with van der Waals surface area (Å²) in [7, 11) is 0. The van der Waals surface area contributed by atoms with Crippen LogP contribution in [0.4, 0.5) is 8.78 Å². The number of aromatic nitrogens is 4. The molecule has 1 saturated carbocycles. The predicted molar refractivity (Wildman–Crippen MR) is 166 cm³/mol. The zero-order valence-corrected chi connectivity index (χ0v) is 25.5. The fraction of sp³-hybridized carbons (Fsp3) is 0.438. The van der Waals surface area contributed by atoms with Crippen LogP contribution in [0.2, 0.25) is 5.02 Å². The number of hydrogen-bond acceptors (Lipinski definition) is 7. The van der Waals surface area contributed by atoms with Crippen LogP contribution in [0.5, 0.6) is 5.88 Å².